The van der Waals surface area contributed by atoms with Crippen molar-refractivity contribution >= 4 is 41.5 Å². The van der Waals surface area contributed by atoms with Gasteiger partial charge in [-0.3, -0.25) is 9.48 Å². The molecule has 2 rings (SSSR count). The zero-order chi connectivity index (χ0) is 19.6. The molecule has 1 amide bonds. The molecule has 154 valence electrons. The van der Waals surface area contributed by atoms with Gasteiger partial charge in [-0.05, 0) is 30.5 Å². The summed E-state index contributed by atoms with van der Waals surface area (Å²) in [4.78, 5) is 20.7. The molecule has 8 nitrogen and oxygen atoms in total. The molecule has 0 fully saturated rings. The van der Waals surface area contributed by atoms with Gasteiger partial charge in [0.05, 0.1) is 13.1 Å². The molecule has 3 N–H and O–H groups in total. The molecule has 1 aromatic carbocycles. The van der Waals surface area contributed by atoms with Crippen molar-refractivity contribution in [3.8, 4) is 0 Å². The van der Waals surface area contributed by atoms with E-state index >= 15 is 0 Å². The highest BCUT2D eigenvalue weighted by Gasteiger charge is 2.06. The van der Waals surface area contributed by atoms with Crippen molar-refractivity contribution in [1.82, 2.24) is 25.4 Å². The molecule has 0 bridgehead atoms. The van der Waals surface area contributed by atoms with Crippen molar-refractivity contribution in [2.24, 2.45) is 18.0 Å². The van der Waals surface area contributed by atoms with Gasteiger partial charge in [-0.1, -0.05) is 26.0 Å². The lowest BCUT2D eigenvalue weighted by molar-refractivity contribution is -0.116. The SMILES string of the molecule is CCNC(=NCc1cccc(NC(=O)CC(C)C)c1)NCc1ncnn1C.I. The first kappa shape index (κ1) is 23.9. The maximum Gasteiger partial charge on any atom is 0.224 e. The van der Waals surface area contributed by atoms with E-state index in [2.05, 4.69) is 31.0 Å². The van der Waals surface area contributed by atoms with Gasteiger partial charge in [-0.2, -0.15) is 5.10 Å². The number of halogens is 1. The van der Waals surface area contributed by atoms with Crippen LogP contribution >= 0.6 is 24.0 Å². The number of hydrogen-bond acceptors (Lipinski definition) is 4. The van der Waals surface area contributed by atoms with Crippen LogP contribution < -0.4 is 16.0 Å². The first-order valence-corrected chi connectivity index (χ1v) is 9.21. The van der Waals surface area contributed by atoms with Crippen molar-refractivity contribution in [3.05, 3.63) is 42.0 Å². The minimum absolute atomic E-state index is 0. The Bertz CT molecular complexity index is 773. The van der Waals surface area contributed by atoms with Crippen LogP contribution in [0.1, 0.15) is 38.6 Å². The lowest BCUT2D eigenvalue weighted by atomic mass is 10.1. The van der Waals surface area contributed by atoms with E-state index in [4.69, 9.17) is 0 Å². The van der Waals surface area contributed by atoms with Crippen molar-refractivity contribution in [3.63, 3.8) is 0 Å². The number of amides is 1. The first-order chi connectivity index (χ1) is 13.0. The maximum absolute atomic E-state index is 11.9. The molecule has 0 aliphatic carbocycles. The van der Waals surface area contributed by atoms with Gasteiger partial charge in [0.1, 0.15) is 12.2 Å². The number of carbonyl (C=O) groups is 1. The second kappa shape index (κ2) is 12.3. The molecule has 0 saturated heterocycles. The topological polar surface area (TPSA) is 96.2 Å². The van der Waals surface area contributed by atoms with Gasteiger partial charge in [0, 0.05) is 25.7 Å². The van der Waals surface area contributed by atoms with Gasteiger partial charge >= 0.3 is 0 Å². The number of rotatable bonds is 8. The van der Waals surface area contributed by atoms with E-state index in [1.807, 2.05) is 52.1 Å². The van der Waals surface area contributed by atoms with E-state index in [0.29, 0.717) is 31.4 Å². The maximum atomic E-state index is 11.9. The number of carbonyl (C=O) groups excluding carboxylic acids is 1. The average Bonchev–Trinajstić information content (AvgIpc) is 3.02. The summed E-state index contributed by atoms with van der Waals surface area (Å²) >= 11 is 0. The molecule has 2 aromatic rings. The molecule has 1 heterocycles. The van der Waals surface area contributed by atoms with Crippen LogP contribution in [0.2, 0.25) is 0 Å². The molecular weight excluding hydrogens is 469 g/mol. The number of nitrogens with zero attached hydrogens (tertiary/aromatic N) is 4. The van der Waals surface area contributed by atoms with Gasteiger partial charge < -0.3 is 16.0 Å². The van der Waals surface area contributed by atoms with Crippen LogP contribution in [0.3, 0.4) is 0 Å². The monoisotopic (exact) mass is 499 g/mol. The summed E-state index contributed by atoms with van der Waals surface area (Å²) in [5, 5.41) is 13.5. The van der Waals surface area contributed by atoms with Crippen molar-refractivity contribution in [1.29, 1.82) is 0 Å². The van der Waals surface area contributed by atoms with Crippen LogP contribution in [0.25, 0.3) is 0 Å². The number of aromatic nitrogens is 3. The van der Waals surface area contributed by atoms with Crippen molar-refractivity contribution in [2.75, 3.05) is 11.9 Å². The highest BCUT2D eigenvalue weighted by atomic mass is 127. The Labute approximate surface area is 183 Å². The molecule has 9 heteroatoms. The minimum atomic E-state index is 0. The van der Waals surface area contributed by atoms with Gasteiger partial charge in [-0.25, -0.2) is 9.98 Å². The highest BCUT2D eigenvalue weighted by Crippen LogP contribution is 2.13. The molecule has 0 aliphatic rings. The molecule has 0 atom stereocenters. The zero-order valence-corrected chi connectivity index (χ0v) is 19.2. The van der Waals surface area contributed by atoms with Crippen LogP contribution in [0.4, 0.5) is 5.69 Å². The van der Waals surface area contributed by atoms with Gasteiger partial charge in [0.25, 0.3) is 0 Å². The summed E-state index contributed by atoms with van der Waals surface area (Å²) in [6, 6.07) is 7.76. The lowest BCUT2D eigenvalue weighted by Gasteiger charge is -2.11. The Balaban J connectivity index is 0.00000392. The van der Waals surface area contributed by atoms with Crippen LogP contribution in [0, 0.1) is 5.92 Å². The third-order valence-corrected chi connectivity index (χ3v) is 3.79. The summed E-state index contributed by atoms with van der Waals surface area (Å²) in [5.74, 6) is 1.90. The Kier molecular flexibility index (Phi) is 10.5. The second-order valence-corrected chi connectivity index (χ2v) is 6.70. The fourth-order valence-electron chi connectivity index (χ4n) is 2.49. The van der Waals surface area contributed by atoms with Crippen LogP contribution in [0.5, 0.6) is 0 Å². The standard InChI is InChI=1S/C19H29N7O.HI/c1-5-20-19(22-12-17-23-13-24-26(17)4)21-11-15-7-6-8-16(10-15)25-18(27)9-14(2)3;/h6-8,10,13-14H,5,9,11-12H2,1-4H3,(H,25,27)(H2,20,21,22);1H. The van der Waals surface area contributed by atoms with E-state index in [1.165, 1.54) is 6.33 Å². The molecule has 28 heavy (non-hydrogen) atoms. The largest absolute Gasteiger partial charge is 0.357 e. The second-order valence-electron chi connectivity index (χ2n) is 6.70. The summed E-state index contributed by atoms with van der Waals surface area (Å²) in [6.45, 7) is 7.87. The van der Waals surface area contributed by atoms with Crippen molar-refractivity contribution < 1.29 is 4.79 Å². The predicted molar refractivity (Wildman–Crippen MR) is 123 cm³/mol. The number of aliphatic imine (C=N–C) groups is 1. The number of nitrogens with one attached hydrogen (secondary N) is 3. The van der Waals surface area contributed by atoms with Gasteiger partial charge in [0.2, 0.25) is 5.91 Å². The Morgan fingerprint density at radius 3 is 2.71 bits per heavy atom. The van der Waals surface area contributed by atoms with Gasteiger partial charge in [-0.15, -0.1) is 24.0 Å². The van der Waals surface area contributed by atoms with E-state index in [-0.39, 0.29) is 29.9 Å². The van der Waals surface area contributed by atoms with Crippen LogP contribution in [-0.2, 0) is 24.9 Å². The van der Waals surface area contributed by atoms with E-state index in [0.717, 1.165) is 23.6 Å². The van der Waals surface area contributed by atoms with E-state index in [1.54, 1.807) is 4.68 Å². The number of anilines is 1. The number of guanidine groups is 1. The summed E-state index contributed by atoms with van der Waals surface area (Å²) in [6.07, 6.45) is 2.04. The minimum Gasteiger partial charge on any atom is -0.357 e. The molecule has 0 unspecified atom stereocenters. The third kappa shape index (κ3) is 8.24. The van der Waals surface area contributed by atoms with Gasteiger partial charge in [0.15, 0.2) is 5.96 Å². The average molecular weight is 499 g/mol. The van der Waals surface area contributed by atoms with E-state index in [9.17, 15) is 4.79 Å². The summed E-state index contributed by atoms with van der Waals surface area (Å²) in [5.41, 5.74) is 1.82. The predicted octanol–water partition coefficient (Wildman–Crippen LogP) is 2.67. The fourth-order valence-corrected chi connectivity index (χ4v) is 2.49. The lowest BCUT2D eigenvalue weighted by Crippen LogP contribution is -2.37. The summed E-state index contributed by atoms with van der Waals surface area (Å²) in [7, 11) is 1.85. The molecule has 1 aromatic heterocycles. The quantitative estimate of drug-likeness (QED) is 0.295. The Morgan fingerprint density at radius 1 is 1.29 bits per heavy atom. The molecule has 0 spiro atoms. The Morgan fingerprint density at radius 2 is 2.07 bits per heavy atom. The first-order valence-electron chi connectivity index (χ1n) is 9.21. The number of hydrogen-bond donors (Lipinski definition) is 3. The van der Waals surface area contributed by atoms with Crippen LogP contribution in [-0.4, -0.2) is 33.2 Å². The molecule has 0 aliphatic heterocycles. The normalized spacial score (nSPS) is 11.1. The molecular formula is C19H30IN7O. The Hall–Kier alpha value is -2.17. The van der Waals surface area contributed by atoms with Crippen molar-refractivity contribution in [2.45, 2.75) is 40.3 Å². The zero-order valence-electron chi connectivity index (χ0n) is 16.9. The number of aryl methyl sites for hydroxylation is 1. The molecule has 0 radical (unpaired) electrons. The number of benzene rings is 1. The van der Waals surface area contributed by atoms with E-state index < -0.39 is 0 Å². The third-order valence-electron chi connectivity index (χ3n) is 3.79. The van der Waals surface area contributed by atoms with Crippen LogP contribution in [0.15, 0.2) is 35.6 Å². The molecule has 0 saturated carbocycles. The highest BCUT2D eigenvalue weighted by molar-refractivity contribution is 14.0. The fraction of sp³-hybridized carbons (Fsp3) is 0.474. The summed E-state index contributed by atoms with van der Waals surface area (Å²) < 4.78 is 1.72. The smallest absolute Gasteiger partial charge is 0.224 e.